The summed E-state index contributed by atoms with van der Waals surface area (Å²) in [4.78, 5) is 22.7. The van der Waals surface area contributed by atoms with Gasteiger partial charge in [-0.2, -0.15) is 0 Å². The Hall–Kier alpha value is -2.04. The van der Waals surface area contributed by atoms with Crippen LogP contribution in [0.2, 0.25) is 0 Å². The first-order valence-electron chi connectivity index (χ1n) is 4.84. The molecule has 1 fully saturated rings. The van der Waals surface area contributed by atoms with Gasteiger partial charge in [-0.1, -0.05) is 12.1 Å². The average Bonchev–Trinajstić information content (AvgIpc) is 2.54. The quantitative estimate of drug-likeness (QED) is 0.723. The third kappa shape index (κ3) is 1.50. The van der Waals surface area contributed by atoms with Gasteiger partial charge in [0.2, 0.25) is 0 Å². The molecule has 16 heavy (non-hydrogen) atoms. The fraction of sp³-hybridized carbons (Fsp3) is 0.273. The molecule has 1 aliphatic rings. The largest absolute Gasteiger partial charge is 0.497 e. The summed E-state index contributed by atoms with van der Waals surface area (Å²) in [5.41, 5.74) is -0.278. The number of rotatable bonds is 2. The van der Waals surface area contributed by atoms with E-state index in [1.165, 1.54) is 0 Å². The van der Waals surface area contributed by atoms with Crippen molar-refractivity contribution in [1.29, 1.82) is 0 Å². The molecule has 84 valence electrons. The number of methoxy groups -OCH3 is 1. The van der Waals surface area contributed by atoms with Crippen LogP contribution in [0, 0.1) is 0 Å². The van der Waals surface area contributed by atoms with Crippen LogP contribution in [0.5, 0.6) is 5.75 Å². The van der Waals surface area contributed by atoms with E-state index in [1.54, 1.807) is 38.3 Å². The van der Waals surface area contributed by atoms with Crippen LogP contribution in [0.3, 0.4) is 0 Å². The van der Waals surface area contributed by atoms with Gasteiger partial charge in [-0.15, -0.1) is 0 Å². The number of carbonyl (C=O) groups is 2. The monoisotopic (exact) mass is 220 g/mol. The van der Waals surface area contributed by atoms with Gasteiger partial charge in [0.05, 0.1) is 7.11 Å². The van der Waals surface area contributed by atoms with Crippen molar-refractivity contribution in [3.63, 3.8) is 0 Å². The number of hydrogen-bond acceptors (Lipinski definition) is 3. The van der Waals surface area contributed by atoms with Crippen LogP contribution >= 0.6 is 0 Å². The predicted molar refractivity (Wildman–Crippen MR) is 57.0 cm³/mol. The first-order valence-corrected chi connectivity index (χ1v) is 4.84. The van der Waals surface area contributed by atoms with Gasteiger partial charge < -0.3 is 10.1 Å². The Morgan fingerprint density at radius 2 is 1.81 bits per heavy atom. The van der Waals surface area contributed by atoms with E-state index in [0.717, 1.165) is 5.56 Å². The third-order valence-corrected chi connectivity index (χ3v) is 2.71. The van der Waals surface area contributed by atoms with Crippen molar-refractivity contribution in [2.75, 3.05) is 7.11 Å². The molecule has 0 unspecified atom stereocenters. The highest BCUT2D eigenvalue weighted by atomic mass is 16.5. The molecular weight excluding hydrogens is 208 g/mol. The molecule has 0 aromatic heterocycles. The molecule has 1 saturated heterocycles. The summed E-state index contributed by atoms with van der Waals surface area (Å²) in [5, 5.41) is 4.81. The number of ether oxygens (including phenoxy) is 1. The maximum Gasteiger partial charge on any atom is 0.322 e. The number of urea groups is 1. The van der Waals surface area contributed by atoms with Crippen molar-refractivity contribution in [3.8, 4) is 5.75 Å². The van der Waals surface area contributed by atoms with Gasteiger partial charge >= 0.3 is 6.03 Å². The smallest absolute Gasteiger partial charge is 0.322 e. The number of hydrogen-bond donors (Lipinski definition) is 2. The van der Waals surface area contributed by atoms with Crippen molar-refractivity contribution in [3.05, 3.63) is 29.8 Å². The molecule has 1 heterocycles. The SMILES string of the molecule is COc1ccc([C@]2(C)NC(=O)NC2=O)cc1. The van der Waals surface area contributed by atoms with Crippen molar-refractivity contribution >= 4 is 11.9 Å². The first-order chi connectivity index (χ1) is 7.56. The molecule has 0 radical (unpaired) electrons. The van der Waals surface area contributed by atoms with Gasteiger partial charge in [-0.05, 0) is 24.6 Å². The van der Waals surface area contributed by atoms with E-state index in [0.29, 0.717) is 5.75 Å². The highest BCUT2D eigenvalue weighted by molar-refractivity contribution is 6.07. The van der Waals surface area contributed by atoms with Crippen LogP contribution in [0.1, 0.15) is 12.5 Å². The summed E-state index contributed by atoms with van der Waals surface area (Å²) in [6, 6.07) is 6.54. The molecule has 2 N–H and O–H groups in total. The predicted octanol–water partition coefficient (Wildman–Crippen LogP) is 0.750. The maximum atomic E-state index is 11.6. The molecule has 1 atom stereocenters. The van der Waals surface area contributed by atoms with Crippen LogP contribution in [0.15, 0.2) is 24.3 Å². The molecule has 0 aliphatic carbocycles. The Labute approximate surface area is 92.8 Å². The molecule has 3 amide bonds. The van der Waals surface area contributed by atoms with E-state index in [-0.39, 0.29) is 5.91 Å². The number of nitrogens with one attached hydrogen (secondary N) is 2. The summed E-state index contributed by atoms with van der Waals surface area (Å²) >= 11 is 0. The minimum atomic E-state index is -0.997. The molecular formula is C11H12N2O3. The van der Waals surface area contributed by atoms with E-state index >= 15 is 0 Å². The minimum absolute atomic E-state index is 0.345. The van der Waals surface area contributed by atoms with E-state index in [2.05, 4.69) is 10.6 Å². The average molecular weight is 220 g/mol. The van der Waals surface area contributed by atoms with Crippen molar-refractivity contribution in [2.45, 2.75) is 12.5 Å². The van der Waals surface area contributed by atoms with Gasteiger partial charge in [-0.3, -0.25) is 10.1 Å². The lowest BCUT2D eigenvalue weighted by Gasteiger charge is -2.21. The fourth-order valence-corrected chi connectivity index (χ4v) is 1.67. The second-order valence-corrected chi connectivity index (χ2v) is 3.76. The van der Waals surface area contributed by atoms with Gasteiger partial charge in [-0.25, -0.2) is 4.79 Å². The van der Waals surface area contributed by atoms with E-state index in [9.17, 15) is 9.59 Å². The summed E-state index contributed by atoms with van der Waals surface area (Å²) < 4.78 is 5.02. The van der Waals surface area contributed by atoms with Gasteiger partial charge in [0.25, 0.3) is 5.91 Å². The molecule has 2 rings (SSSR count). The zero-order valence-corrected chi connectivity index (χ0v) is 9.03. The van der Waals surface area contributed by atoms with Gasteiger partial charge in [0, 0.05) is 0 Å². The second kappa shape index (κ2) is 3.52. The normalized spacial score (nSPS) is 23.9. The molecule has 5 nitrogen and oxygen atoms in total. The third-order valence-electron chi connectivity index (χ3n) is 2.71. The highest BCUT2D eigenvalue weighted by Gasteiger charge is 2.43. The Bertz CT molecular complexity index is 441. The molecule has 1 aliphatic heterocycles. The number of amides is 3. The van der Waals surface area contributed by atoms with Crippen molar-refractivity contribution < 1.29 is 14.3 Å². The van der Waals surface area contributed by atoms with Crippen LogP contribution in [0.25, 0.3) is 0 Å². The summed E-state index contributed by atoms with van der Waals surface area (Å²) in [6.45, 7) is 1.66. The van der Waals surface area contributed by atoms with Crippen LogP contribution in [-0.4, -0.2) is 19.0 Å². The Balaban J connectivity index is 2.36. The molecule has 0 saturated carbocycles. The Morgan fingerprint density at radius 3 is 2.25 bits per heavy atom. The highest BCUT2D eigenvalue weighted by Crippen LogP contribution is 2.25. The molecule has 1 aromatic rings. The molecule has 5 heteroatoms. The molecule has 0 bridgehead atoms. The van der Waals surface area contributed by atoms with E-state index in [4.69, 9.17) is 4.74 Å². The molecule has 1 aromatic carbocycles. The second-order valence-electron chi connectivity index (χ2n) is 3.76. The Morgan fingerprint density at radius 1 is 1.19 bits per heavy atom. The van der Waals surface area contributed by atoms with Crippen molar-refractivity contribution in [2.24, 2.45) is 0 Å². The Kier molecular flexibility index (Phi) is 2.30. The minimum Gasteiger partial charge on any atom is -0.497 e. The summed E-state index contributed by atoms with van der Waals surface area (Å²) in [5.74, 6) is 0.361. The lowest BCUT2D eigenvalue weighted by Crippen LogP contribution is -2.40. The molecule has 0 spiro atoms. The van der Waals surface area contributed by atoms with Crippen LogP contribution in [0.4, 0.5) is 4.79 Å². The summed E-state index contributed by atoms with van der Waals surface area (Å²) in [7, 11) is 1.57. The zero-order chi connectivity index (χ0) is 11.8. The lowest BCUT2D eigenvalue weighted by molar-refractivity contribution is -0.123. The topological polar surface area (TPSA) is 67.4 Å². The first kappa shape index (κ1) is 10.5. The van der Waals surface area contributed by atoms with Gasteiger partial charge in [0.1, 0.15) is 11.3 Å². The van der Waals surface area contributed by atoms with E-state index < -0.39 is 11.6 Å². The maximum absolute atomic E-state index is 11.6. The van der Waals surface area contributed by atoms with Crippen molar-refractivity contribution in [1.82, 2.24) is 10.6 Å². The zero-order valence-electron chi connectivity index (χ0n) is 9.03. The number of imide groups is 1. The van der Waals surface area contributed by atoms with Gasteiger partial charge in [0.15, 0.2) is 0 Å². The number of benzene rings is 1. The number of carbonyl (C=O) groups excluding carboxylic acids is 2. The van der Waals surface area contributed by atoms with E-state index in [1.807, 2.05) is 0 Å². The van der Waals surface area contributed by atoms with Crippen LogP contribution in [-0.2, 0) is 10.3 Å². The fourth-order valence-electron chi connectivity index (χ4n) is 1.67. The lowest BCUT2D eigenvalue weighted by atomic mass is 9.92. The standard InChI is InChI=1S/C11H12N2O3/c1-11(9(14)12-10(15)13-11)7-3-5-8(16-2)6-4-7/h3-6H,1-2H3,(H2,12,13,14,15)/t11-/m0/s1. The summed E-state index contributed by atoms with van der Waals surface area (Å²) in [6.07, 6.45) is 0. The van der Waals surface area contributed by atoms with Crippen LogP contribution < -0.4 is 15.4 Å².